The highest BCUT2D eigenvalue weighted by Crippen LogP contribution is 2.66. The summed E-state index contributed by atoms with van der Waals surface area (Å²) in [5, 5.41) is 32.2. The van der Waals surface area contributed by atoms with E-state index in [1.54, 1.807) is 0 Å². The number of rotatable bonds is 0. The Morgan fingerprint density at radius 3 is 2.59 bits per heavy atom. The smallest absolute Gasteiger partial charge is 0.0985 e. The minimum atomic E-state index is -1.11. The normalized spacial score (nSPS) is 60.5. The van der Waals surface area contributed by atoms with E-state index >= 15 is 0 Å². The maximum atomic E-state index is 11.3. The Morgan fingerprint density at radius 2 is 1.82 bits per heavy atom. The molecule has 124 valence electrons. The van der Waals surface area contributed by atoms with E-state index < -0.39 is 17.8 Å². The molecule has 3 N–H and O–H groups in total. The second kappa shape index (κ2) is 4.58. The number of aliphatic hydroxyl groups excluding tert-OH is 2. The summed E-state index contributed by atoms with van der Waals surface area (Å²) < 4.78 is 0. The third-order valence-electron chi connectivity index (χ3n) is 8.16. The molecule has 4 aliphatic carbocycles. The SMILES string of the molecule is C[C@@]12C=CC[C@H]1[C@@H]1C[C@@H](O)[C@@]3(O)C[C@@H](O)CC[C@]3(C)[C@H]1CC2. The lowest BCUT2D eigenvalue weighted by molar-refractivity contribution is -0.262. The molecule has 0 aromatic carbocycles. The van der Waals surface area contributed by atoms with Crippen LogP contribution in [0.4, 0.5) is 0 Å². The standard InChI is InChI=1S/C19H30O3/c1-17-7-3-4-14(17)13-10-16(21)19(22)11-12(20)5-9-18(19,2)15(13)6-8-17/h3,7,12-16,20-22H,4-6,8-11H2,1-2H3/t12-,13-,14-,15-,16+,17-,18+,19-/m0/s1. The van der Waals surface area contributed by atoms with Crippen LogP contribution in [-0.4, -0.2) is 33.1 Å². The Labute approximate surface area is 133 Å². The molecule has 3 heteroatoms. The molecule has 0 aromatic rings. The predicted octanol–water partition coefficient (Wildman–Crippen LogP) is 2.64. The fourth-order valence-corrected chi connectivity index (χ4v) is 6.74. The van der Waals surface area contributed by atoms with Gasteiger partial charge < -0.3 is 15.3 Å². The molecule has 22 heavy (non-hydrogen) atoms. The Morgan fingerprint density at radius 1 is 1.05 bits per heavy atom. The second-order valence-corrected chi connectivity index (χ2v) is 9.05. The monoisotopic (exact) mass is 306 g/mol. The molecule has 0 heterocycles. The van der Waals surface area contributed by atoms with Crippen LogP contribution in [0.25, 0.3) is 0 Å². The van der Waals surface area contributed by atoms with Gasteiger partial charge in [-0.15, -0.1) is 0 Å². The van der Waals surface area contributed by atoms with Crippen LogP contribution in [-0.2, 0) is 0 Å². The van der Waals surface area contributed by atoms with E-state index in [2.05, 4.69) is 26.0 Å². The van der Waals surface area contributed by atoms with Crippen molar-refractivity contribution in [3.63, 3.8) is 0 Å². The highest BCUT2D eigenvalue weighted by atomic mass is 16.3. The molecule has 0 aliphatic heterocycles. The Hall–Kier alpha value is -0.380. The van der Waals surface area contributed by atoms with Crippen molar-refractivity contribution in [2.45, 2.75) is 76.6 Å². The Balaban J connectivity index is 1.72. The van der Waals surface area contributed by atoms with Crippen molar-refractivity contribution >= 4 is 0 Å². The maximum Gasteiger partial charge on any atom is 0.0985 e. The average Bonchev–Trinajstić information content (AvgIpc) is 2.84. The van der Waals surface area contributed by atoms with E-state index in [0.717, 1.165) is 25.7 Å². The van der Waals surface area contributed by atoms with E-state index in [4.69, 9.17) is 0 Å². The molecular weight excluding hydrogens is 276 g/mol. The quantitative estimate of drug-likeness (QED) is 0.603. The summed E-state index contributed by atoms with van der Waals surface area (Å²) in [6, 6.07) is 0. The van der Waals surface area contributed by atoms with Crippen LogP contribution in [0.3, 0.4) is 0 Å². The lowest BCUT2D eigenvalue weighted by Crippen LogP contribution is -2.68. The minimum Gasteiger partial charge on any atom is -0.393 e. The molecule has 4 aliphatic rings. The van der Waals surface area contributed by atoms with Crippen LogP contribution in [0, 0.1) is 28.6 Å². The summed E-state index contributed by atoms with van der Waals surface area (Å²) in [6.45, 7) is 4.56. The number of fused-ring (bicyclic) bond motifs is 5. The lowest BCUT2D eigenvalue weighted by atomic mass is 9.43. The van der Waals surface area contributed by atoms with Crippen molar-refractivity contribution < 1.29 is 15.3 Å². The molecule has 0 spiro atoms. The van der Waals surface area contributed by atoms with Crippen molar-refractivity contribution in [2.24, 2.45) is 28.6 Å². The molecule has 0 bridgehead atoms. The van der Waals surface area contributed by atoms with E-state index in [-0.39, 0.29) is 5.41 Å². The minimum absolute atomic E-state index is 0.252. The van der Waals surface area contributed by atoms with Gasteiger partial charge in [0, 0.05) is 11.8 Å². The highest BCUT2D eigenvalue weighted by molar-refractivity contribution is 5.20. The van der Waals surface area contributed by atoms with E-state index in [1.165, 1.54) is 6.42 Å². The predicted molar refractivity (Wildman–Crippen MR) is 85.1 cm³/mol. The Bertz CT molecular complexity index is 503. The van der Waals surface area contributed by atoms with E-state index in [9.17, 15) is 15.3 Å². The van der Waals surface area contributed by atoms with Crippen LogP contribution in [0.5, 0.6) is 0 Å². The van der Waals surface area contributed by atoms with Crippen molar-refractivity contribution in [3.05, 3.63) is 12.2 Å². The van der Waals surface area contributed by atoms with Crippen molar-refractivity contribution in [1.82, 2.24) is 0 Å². The zero-order valence-corrected chi connectivity index (χ0v) is 13.8. The van der Waals surface area contributed by atoms with Gasteiger partial charge in [-0.05, 0) is 61.7 Å². The van der Waals surface area contributed by atoms with Crippen molar-refractivity contribution in [3.8, 4) is 0 Å². The summed E-state index contributed by atoms with van der Waals surface area (Å²) >= 11 is 0. The van der Waals surface area contributed by atoms with Crippen LogP contribution in [0.15, 0.2) is 12.2 Å². The molecule has 3 nitrogen and oxygen atoms in total. The fraction of sp³-hybridized carbons (Fsp3) is 0.895. The average molecular weight is 306 g/mol. The molecule has 4 rings (SSSR count). The number of allylic oxidation sites excluding steroid dienone is 2. The third-order valence-corrected chi connectivity index (χ3v) is 8.16. The van der Waals surface area contributed by atoms with Crippen LogP contribution in [0.1, 0.15) is 58.8 Å². The first-order chi connectivity index (χ1) is 10.3. The van der Waals surface area contributed by atoms with Gasteiger partial charge in [0.15, 0.2) is 0 Å². The van der Waals surface area contributed by atoms with Gasteiger partial charge >= 0.3 is 0 Å². The molecule has 8 atom stereocenters. The van der Waals surface area contributed by atoms with Gasteiger partial charge in [0.05, 0.1) is 17.8 Å². The van der Waals surface area contributed by atoms with Crippen LogP contribution < -0.4 is 0 Å². The number of hydrogen-bond acceptors (Lipinski definition) is 3. The first-order valence-corrected chi connectivity index (χ1v) is 9.06. The summed E-state index contributed by atoms with van der Waals surface area (Å²) in [5.74, 6) is 1.60. The van der Waals surface area contributed by atoms with E-state index in [1.807, 2.05) is 0 Å². The summed E-state index contributed by atoms with van der Waals surface area (Å²) in [7, 11) is 0. The lowest BCUT2D eigenvalue weighted by Gasteiger charge is -2.64. The van der Waals surface area contributed by atoms with Gasteiger partial charge in [0.2, 0.25) is 0 Å². The van der Waals surface area contributed by atoms with Gasteiger partial charge in [-0.25, -0.2) is 0 Å². The maximum absolute atomic E-state index is 11.3. The zero-order chi connectivity index (χ0) is 15.8. The van der Waals surface area contributed by atoms with Crippen LogP contribution in [0.2, 0.25) is 0 Å². The van der Waals surface area contributed by atoms with E-state index in [0.29, 0.717) is 36.0 Å². The molecule has 0 radical (unpaired) electrons. The van der Waals surface area contributed by atoms with Gasteiger partial charge in [-0.1, -0.05) is 26.0 Å². The van der Waals surface area contributed by atoms with Crippen LogP contribution >= 0.6 is 0 Å². The summed E-state index contributed by atoms with van der Waals surface area (Å²) in [5.41, 5.74) is -1.06. The summed E-state index contributed by atoms with van der Waals surface area (Å²) in [6.07, 6.45) is 9.66. The second-order valence-electron chi connectivity index (χ2n) is 9.05. The molecule has 3 saturated carbocycles. The molecule has 0 aromatic heterocycles. The molecule has 0 saturated heterocycles. The molecule has 0 unspecified atom stereocenters. The van der Waals surface area contributed by atoms with Gasteiger partial charge in [0.25, 0.3) is 0 Å². The molecular formula is C19H30O3. The van der Waals surface area contributed by atoms with Gasteiger partial charge in [0.1, 0.15) is 0 Å². The molecule has 0 amide bonds. The van der Waals surface area contributed by atoms with Crippen molar-refractivity contribution in [1.29, 1.82) is 0 Å². The first-order valence-electron chi connectivity index (χ1n) is 9.06. The Kier molecular flexibility index (Phi) is 3.16. The summed E-state index contributed by atoms with van der Waals surface area (Å²) in [4.78, 5) is 0. The molecule has 3 fully saturated rings. The zero-order valence-electron chi connectivity index (χ0n) is 13.8. The number of aliphatic hydroxyl groups is 3. The van der Waals surface area contributed by atoms with Gasteiger partial charge in [-0.2, -0.15) is 0 Å². The van der Waals surface area contributed by atoms with Gasteiger partial charge in [-0.3, -0.25) is 0 Å². The largest absolute Gasteiger partial charge is 0.393 e. The highest BCUT2D eigenvalue weighted by Gasteiger charge is 2.65. The topological polar surface area (TPSA) is 60.7 Å². The third kappa shape index (κ3) is 1.73. The fourth-order valence-electron chi connectivity index (χ4n) is 6.74. The number of hydrogen-bond donors (Lipinski definition) is 3. The van der Waals surface area contributed by atoms with Crippen molar-refractivity contribution in [2.75, 3.05) is 0 Å². The first kappa shape index (κ1) is 15.2.